The van der Waals surface area contributed by atoms with Gasteiger partial charge in [-0.15, -0.1) is 0 Å². The molecule has 6 nitrogen and oxygen atoms in total. The number of hydrogen-bond acceptors (Lipinski definition) is 4. The van der Waals surface area contributed by atoms with Gasteiger partial charge in [-0.1, -0.05) is 41.9 Å². The first-order valence-corrected chi connectivity index (χ1v) is 9.46. The van der Waals surface area contributed by atoms with Gasteiger partial charge < -0.3 is 14.8 Å². The molecule has 0 atom stereocenters. The minimum atomic E-state index is -0.192. The normalized spacial score (nSPS) is 12.3. The lowest BCUT2D eigenvalue weighted by Crippen LogP contribution is -2.19. The van der Waals surface area contributed by atoms with E-state index in [1.54, 1.807) is 28.9 Å². The highest BCUT2D eigenvalue weighted by atomic mass is 35.5. The highest BCUT2D eigenvalue weighted by Crippen LogP contribution is 2.34. The lowest BCUT2D eigenvalue weighted by Gasteiger charge is -2.07. The summed E-state index contributed by atoms with van der Waals surface area (Å²) in [5.41, 5.74) is 3.24. The molecule has 4 aromatic rings. The summed E-state index contributed by atoms with van der Waals surface area (Å²) in [4.78, 5) is 12.7. The molecule has 1 amide bonds. The Balaban J connectivity index is 1.45. The van der Waals surface area contributed by atoms with Crippen LogP contribution in [0.5, 0.6) is 11.5 Å². The number of amides is 1. The average Bonchev–Trinajstić information content (AvgIpc) is 3.33. The molecule has 0 saturated heterocycles. The second-order valence-electron chi connectivity index (χ2n) is 6.65. The highest BCUT2D eigenvalue weighted by Gasteiger charge is 2.17. The van der Waals surface area contributed by atoms with Gasteiger partial charge in [-0.25, -0.2) is 0 Å². The highest BCUT2D eigenvalue weighted by molar-refractivity contribution is 6.31. The number of aromatic nitrogens is 2. The van der Waals surface area contributed by atoms with Gasteiger partial charge in [-0.05, 0) is 30.3 Å². The molecule has 0 aliphatic carbocycles. The Hall–Kier alpha value is -3.51. The molecule has 2 heterocycles. The Kier molecular flexibility index (Phi) is 4.33. The number of benzene rings is 3. The predicted molar refractivity (Wildman–Crippen MR) is 111 cm³/mol. The van der Waals surface area contributed by atoms with Gasteiger partial charge in [0.25, 0.3) is 0 Å². The maximum Gasteiger partial charge on any atom is 0.246 e. The molecule has 0 bridgehead atoms. The maximum absolute atomic E-state index is 12.7. The van der Waals surface area contributed by atoms with Crippen LogP contribution in [0, 0.1) is 0 Å². The number of hydrogen-bond donors (Lipinski definition) is 1. The van der Waals surface area contributed by atoms with Gasteiger partial charge >= 0.3 is 0 Å². The van der Waals surface area contributed by atoms with Crippen molar-refractivity contribution in [3.8, 4) is 22.8 Å². The van der Waals surface area contributed by atoms with E-state index in [-0.39, 0.29) is 19.2 Å². The Morgan fingerprint density at radius 2 is 1.86 bits per heavy atom. The number of nitrogens with one attached hydrogen (secondary N) is 1. The van der Waals surface area contributed by atoms with Crippen molar-refractivity contribution < 1.29 is 14.3 Å². The number of halogens is 1. The molecule has 5 rings (SSSR count). The lowest BCUT2D eigenvalue weighted by molar-refractivity contribution is -0.116. The first-order chi connectivity index (χ1) is 14.2. The van der Waals surface area contributed by atoms with Gasteiger partial charge in [0.05, 0.1) is 5.52 Å². The minimum Gasteiger partial charge on any atom is -0.454 e. The number of carbonyl (C=O) groups is 1. The Morgan fingerprint density at radius 3 is 2.72 bits per heavy atom. The zero-order chi connectivity index (χ0) is 19.8. The first kappa shape index (κ1) is 17.6. The molecule has 0 radical (unpaired) electrons. The summed E-state index contributed by atoms with van der Waals surface area (Å²) in [7, 11) is 0. The van der Waals surface area contributed by atoms with Crippen molar-refractivity contribution >= 4 is 34.1 Å². The maximum atomic E-state index is 12.7. The fourth-order valence-electron chi connectivity index (χ4n) is 3.39. The smallest absolute Gasteiger partial charge is 0.246 e. The van der Waals surface area contributed by atoms with E-state index in [4.69, 9.17) is 26.2 Å². The van der Waals surface area contributed by atoms with E-state index in [0.29, 0.717) is 22.2 Å². The van der Waals surface area contributed by atoms with Crippen molar-refractivity contribution in [3.05, 3.63) is 71.8 Å². The number of rotatable bonds is 4. The van der Waals surface area contributed by atoms with Gasteiger partial charge in [-0.2, -0.15) is 5.10 Å². The van der Waals surface area contributed by atoms with E-state index in [1.165, 1.54) is 0 Å². The first-order valence-electron chi connectivity index (χ1n) is 9.08. The zero-order valence-corrected chi connectivity index (χ0v) is 16.0. The van der Waals surface area contributed by atoms with Crippen LogP contribution in [0.3, 0.4) is 0 Å². The van der Waals surface area contributed by atoms with Gasteiger partial charge in [0.1, 0.15) is 12.2 Å². The molecule has 1 N–H and O–H groups in total. The van der Waals surface area contributed by atoms with Gasteiger partial charge in [0.15, 0.2) is 11.5 Å². The minimum absolute atomic E-state index is 0.0689. The van der Waals surface area contributed by atoms with Crippen LogP contribution in [0.15, 0.2) is 66.7 Å². The molecular weight excluding hydrogens is 390 g/mol. The van der Waals surface area contributed by atoms with Crippen LogP contribution < -0.4 is 14.8 Å². The summed E-state index contributed by atoms with van der Waals surface area (Å²) in [6, 6.07) is 20.7. The molecule has 0 fully saturated rings. The molecule has 0 spiro atoms. The van der Waals surface area contributed by atoms with Crippen LogP contribution in [0.1, 0.15) is 0 Å². The summed E-state index contributed by atoms with van der Waals surface area (Å²) < 4.78 is 12.3. The fourth-order valence-corrected chi connectivity index (χ4v) is 3.56. The Labute approximate surface area is 171 Å². The summed E-state index contributed by atoms with van der Waals surface area (Å²) >= 11 is 6.21. The third-order valence-electron chi connectivity index (χ3n) is 4.71. The van der Waals surface area contributed by atoms with E-state index >= 15 is 0 Å². The van der Waals surface area contributed by atoms with Gasteiger partial charge in [0, 0.05) is 27.7 Å². The summed E-state index contributed by atoms with van der Waals surface area (Å²) in [6.07, 6.45) is 0. The van der Waals surface area contributed by atoms with Crippen LogP contribution in [0.4, 0.5) is 5.69 Å². The molecule has 7 heteroatoms. The number of ether oxygens (including phenoxy) is 2. The quantitative estimate of drug-likeness (QED) is 0.533. The van der Waals surface area contributed by atoms with Crippen LogP contribution in [0.2, 0.25) is 5.02 Å². The fraction of sp³-hybridized carbons (Fsp3) is 0.0909. The van der Waals surface area contributed by atoms with Crippen LogP contribution in [-0.4, -0.2) is 22.5 Å². The third kappa shape index (κ3) is 3.39. The molecule has 29 heavy (non-hydrogen) atoms. The van der Waals surface area contributed by atoms with E-state index in [1.807, 2.05) is 42.5 Å². The molecule has 0 saturated carbocycles. The van der Waals surface area contributed by atoms with E-state index < -0.39 is 0 Å². The largest absolute Gasteiger partial charge is 0.454 e. The molecular formula is C22H16ClN3O3. The van der Waals surface area contributed by atoms with Gasteiger partial charge in [-0.3, -0.25) is 9.48 Å². The zero-order valence-electron chi connectivity index (χ0n) is 15.3. The predicted octanol–water partition coefficient (Wildman–Crippen LogP) is 4.72. The van der Waals surface area contributed by atoms with E-state index in [9.17, 15) is 4.79 Å². The van der Waals surface area contributed by atoms with Crippen molar-refractivity contribution in [2.75, 3.05) is 12.1 Å². The number of anilines is 1. The number of nitrogens with zero attached hydrogens (tertiary/aromatic N) is 2. The SMILES string of the molecule is O=C(Cn1nc(-c2ccccc2)c2cc(Cl)ccc21)Nc1ccc2c(c1)OCO2. The number of fused-ring (bicyclic) bond motifs is 2. The summed E-state index contributed by atoms with van der Waals surface area (Å²) in [5, 5.41) is 9.10. The van der Waals surface area contributed by atoms with Gasteiger partial charge in [0.2, 0.25) is 12.7 Å². The molecule has 3 aromatic carbocycles. The second kappa shape index (κ2) is 7.14. The topological polar surface area (TPSA) is 65.4 Å². The van der Waals surface area contributed by atoms with Crippen LogP contribution >= 0.6 is 11.6 Å². The molecule has 1 aliphatic heterocycles. The van der Waals surface area contributed by atoms with E-state index in [0.717, 1.165) is 22.2 Å². The third-order valence-corrected chi connectivity index (χ3v) is 4.94. The average molecular weight is 406 g/mol. The van der Waals surface area contributed by atoms with Crippen LogP contribution in [-0.2, 0) is 11.3 Å². The molecule has 1 aromatic heterocycles. The summed E-state index contributed by atoms with van der Waals surface area (Å²) in [6.45, 7) is 0.260. The number of carbonyl (C=O) groups excluding carboxylic acids is 1. The van der Waals surface area contributed by atoms with Crippen molar-refractivity contribution in [2.24, 2.45) is 0 Å². The van der Waals surface area contributed by atoms with E-state index in [2.05, 4.69) is 5.32 Å². The molecule has 1 aliphatic rings. The molecule has 0 unspecified atom stereocenters. The van der Waals surface area contributed by atoms with Crippen LogP contribution in [0.25, 0.3) is 22.2 Å². The van der Waals surface area contributed by atoms with Crippen molar-refractivity contribution in [1.29, 1.82) is 0 Å². The van der Waals surface area contributed by atoms with Crippen molar-refractivity contribution in [1.82, 2.24) is 9.78 Å². The second-order valence-corrected chi connectivity index (χ2v) is 7.09. The monoisotopic (exact) mass is 405 g/mol. The van der Waals surface area contributed by atoms with Crippen molar-refractivity contribution in [2.45, 2.75) is 6.54 Å². The molecule has 144 valence electrons. The van der Waals surface area contributed by atoms with Crippen molar-refractivity contribution in [3.63, 3.8) is 0 Å². The Morgan fingerprint density at radius 1 is 1.03 bits per heavy atom. The standard InChI is InChI=1S/C22H16ClN3O3/c23-15-6-8-18-17(10-15)22(14-4-2-1-3-5-14)25-26(18)12-21(27)24-16-7-9-19-20(11-16)29-13-28-19/h1-11H,12-13H2,(H,24,27). The lowest BCUT2D eigenvalue weighted by atomic mass is 10.1. The summed E-state index contributed by atoms with van der Waals surface area (Å²) in [5.74, 6) is 1.10. The Bertz CT molecular complexity index is 1220.